The highest BCUT2D eigenvalue weighted by Gasteiger charge is 2.44. The summed E-state index contributed by atoms with van der Waals surface area (Å²) in [5.74, 6) is -0.138. The van der Waals surface area contributed by atoms with Gasteiger partial charge in [0.1, 0.15) is 0 Å². The second-order valence-corrected chi connectivity index (χ2v) is 33.7. The predicted molar refractivity (Wildman–Crippen MR) is 451 cm³/mol. The maximum Gasteiger partial charge on any atom is 0.0948 e. The van der Waals surface area contributed by atoms with Crippen molar-refractivity contribution in [2.24, 2.45) is 0 Å². The summed E-state index contributed by atoms with van der Waals surface area (Å²) in [4.78, 5) is 8.08. The van der Waals surface area contributed by atoms with E-state index >= 15 is 0 Å². The second kappa shape index (κ2) is 25.0. The van der Waals surface area contributed by atoms with Crippen LogP contribution in [0.25, 0.3) is 83.1 Å². The predicted octanol–water partition coefficient (Wildman–Crippen LogP) is 28.4. The Morgan fingerprint density at radius 3 is 1.03 bits per heavy atom. The Balaban J connectivity index is 1.03. The van der Waals surface area contributed by atoms with Gasteiger partial charge in [-0.3, -0.25) is 0 Å². The monoisotopic (exact) mass is 1370 g/mol. The van der Waals surface area contributed by atoms with Gasteiger partial charge >= 0.3 is 0 Å². The summed E-state index contributed by atoms with van der Waals surface area (Å²) in [6.45, 7) is 27.8. The SMILES string of the molecule is CC(C)(C)c1ccc(-c2cccc(-c3ccc(C(C)(C)C)cc3)c2N2c3cc(-n4c5ccccc5c5ccccc54)ccc3N3c4cc(-c5ccccc5)ccc4N(c4c(-c5ccc(C(C)(C)C)cc5)cccc4-c4ccc(C(C)(C)C)cc4)c4cc(C5c6ccccc6Cc6ccccc65)cc2c43)cc1. The van der Waals surface area contributed by atoms with Crippen LogP contribution in [0, 0.1) is 0 Å². The lowest BCUT2D eigenvalue weighted by Gasteiger charge is -2.49. The van der Waals surface area contributed by atoms with Crippen molar-refractivity contribution in [2.45, 2.75) is 117 Å². The van der Waals surface area contributed by atoms with E-state index in [1.165, 1.54) is 60.8 Å². The van der Waals surface area contributed by atoms with Crippen molar-refractivity contribution in [2.75, 3.05) is 14.7 Å². The molecule has 0 unspecified atom stereocenters. The third-order valence-corrected chi connectivity index (χ3v) is 22.9. The van der Waals surface area contributed by atoms with E-state index in [0.717, 1.165) is 130 Å². The summed E-state index contributed by atoms with van der Waals surface area (Å²) >= 11 is 0. The van der Waals surface area contributed by atoms with Crippen molar-refractivity contribution in [3.63, 3.8) is 0 Å². The largest absolute Gasteiger partial charge is 0.309 e. The zero-order valence-electron chi connectivity index (χ0n) is 63.0. The molecule has 3 heterocycles. The Labute approximate surface area is 626 Å². The zero-order chi connectivity index (χ0) is 72.7. The lowest BCUT2D eigenvalue weighted by molar-refractivity contribution is 0.590. The zero-order valence-corrected chi connectivity index (χ0v) is 63.0. The molecule has 3 aliphatic rings. The Kier molecular flexibility index (Phi) is 15.6. The van der Waals surface area contributed by atoms with Gasteiger partial charge in [0.2, 0.25) is 0 Å². The van der Waals surface area contributed by atoms with E-state index in [0.29, 0.717) is 0 Å². The summed E-state index contributed by atoms with van der Waals surface area (Å²) < 4.78 is 2.50. The first-order chi connectivity index (χ1) is 51.1. The average molecular weight is 1370 g/mol. The minimum atomic E-state index is -0.138. The number of para-hydroxylation sites is 4. The molecule has 14 aromatic carbocycles. The number of aromatic nitrogens is 1. The molecule has 0 atom stereocenters. The first-order valence-corrected chi connectivity index (χ1v) is 37.9. The quantitative estimate of drug-likeness (QED) is 0.143. The lowest BCUT2D eigenvalue weighted by Crippen LogP contribution is -2.31. The van der Waals surface area contributed by atoms with Crippen LogP contribution in [0.2, 0.25) is 0 Å². The maximum atomic E-state index is 2.72. The van der Waals surface area contributed by atoms with Gasteiger partial charge in [0, 0.05) is 44.6 Å². The molecule has 518 valence electrons. The minimum absolute atomic E-state index is 0.0454. The van der Waals surface area contributed by atoms with E-state index in [-0.39, 0.29) is 27.6 Å². The fourth-order valence-corrected chi connectivity index (χ4v) is 17.2. The van der Waals surface area contributed by atoms with Crippen molar-refractivity contribution in [3.05, 3.63) is 359 Å². The van der Waals surface area contributed by atoms with Gasteiger partial charge in [0.15, 0.2) is 0 Å². The molecule has 0 spiro atoms. The van der Waals surface area contributed by atoms with E-state index < -0.39 is 0 Å². The molecule has 0 bridgehead atoms. The van der Waals surface area contributed by atoms with Gasteiger partial charge in [-0.15, -0.1) is 0 Å². The molecule has 0 fully saturated rings. The minimum Gasteiger partial charge on any atom is -0.309 e. The molecule has 0 radical (unpaired) electrons. The van der Waals surface area contributed by atoms with Crippen LogP contribution in [0.1, 0.15) is 139 Å². The molecule has 0 saturated carbocycles. The molecule has 1 aromatic heterocycles. The number of fused-ring (bicyclic) bond motifs is 9. The van der Waals surface area contributed by atoms with Crippen LogP contribution in [0.4, 0.5) is 51.2 Å². The Hall–Kier alpha value is -11.7. The molecule has 4 heteroatoms. The van der Waals surface area contributed by atoms with E-state index in [4.69, 9.17) is 0 Å². The number of rotatable bonds is 9. The molecule has 2 aliphatic heterocycles. The highest BCUT2D eigenvalue weighted by atomic mass is 15.3. The summed E-state index contributed by atoms with van der Waals surface area (Å²) in [5, 5.41) is 2.44. The topological polar surface area (TPSA) is 14.7 Å². The van der Waals surface area contributed by atoms with Crippen molar-refractivity contribution >= 4 is 73.0 Å². The number of hydrogen-bond donors (Lipinski definition) is 0. The maximum absolute atomic E-state index is 2.72. The van der Waals surface area contributed by atoms with Crippen molar-refractivity contribution in [1.29, 1.82) is 0 Å². The number of benzene rings is 14. The number of nitrogens with zero attached hydrogens (tertiary/aromatic N) is 4. The molecule has 1 aliphatic carbocycles. The van der Waals surface area contributed by atoms with E-state index in [1.54, 1.807) is 0 Å². The molecule has 4 nitrogen and oxygen atoms in total. The Bertz CT molecular complexity index is 5690. The normalized spacial score (nSPS) is 13.5. The van der Waals surface area contributed by atoms with Crippen molar-refractivity contribution < 1.29 is 0 Å². The highest BCUT2D eigenvalue weighted by molar-refractivity contribution is 6.18. The van der Waals surface area contributed by atoms with Crippen LogP contribution in [0.3, 0.4) is 0 Å². The van der Waals surface area contributed by atoms with Crippen molar-refractivity contribution in [3.8, 4) is 61.3 Å². The molecule has 0 saturated heterocycles. The molecule has 0 N–H and O–H groups in total. The molecule has 106 heavy (non-hydrogen) atoms. The van der Waals surface area contributed by atoms with Crippen LogP contribution in [0.15, 0.2) is 309 Å². The van der Waals surface area contributed by atoms with Gasteiger partial charge in [0.25, 0.3) is 0 Å². The van der Waals surface area contributed by atoms with Crippen LogP contribution in [-0.2, 0) is 28.1 Å². The smallest absolute Gasteiger partial charge is 0.0948 e. The van der Waals surface area contributed by atoms with Gasteiger partial charge in [-0.25, -0.2) is 0 Å². The Morgan fingerprint density at radius 2 is 0.604 bits per heavy atom. The van der Waals surface area contributed by atoms with Crippen LogP contribution in [0.5, 0.6) is 0 Å². The molecular formula is C102H90N4. The Morgan fingerprint density at radius 1 is 0.255 bits per heavy atom. The summed E-state index contributed by atoms with van der Waals surface area (Å²) in [6, 6.07) is 119. The van der Waals surface area contributed by atoms with Gasteiger partial charge in [-0.1, -0.05) is 338 Å². The van der Waals surface area contributed by atoms with Gasteiger partial charge in [-0.2, -0.15) is 0 Å². The number of hydrogen-bond acceptors (Lipinski definition) is 3. The summed E-state index contributed by atoms with van der Waals surface area (Å²) in [6.07, 6.45) is 0.861. The first kappa shape index (κ1) is 66.2. The molecular weight excluding hydrogens is 1280 g/mol. The molecule has 0 amide bonds. The van der Waals surface area contributed by atoms with Gasteiger partial charge < -0.3 is 19.3 Å². The van der Waals surface area contributed by atoms with Crippen LogP contribution < -0.4 is 14.7 Å². The standard InChI is InChI=1S/C102H90N4/c1-99(2,3)74-49-40-66(41-50-74)81-34-24-35-82(67-42-51-75(52-43-67)100(4,5)6)96(81)105-89-58-48-70(65-26-14-13-15-27-65)61-91(89)104-90-59-57-78(103-87-38-22-20-32-85(87)86-33-21-23-39-88(86)103)64-92(90)106(94-63-73(62-93(105)98(94)104)95-79-30-18-16-28-71(79)60-72-29-17-19-31-80(72)95)97-83(68-44-53-76(54-45-68)101(7,8)9)36-25-37-84(97)69-46-55-77(56-47-69)102(10,11)12/h13-59,61-64,95H,60H2,1-12H3. The highest BCUT2D eigenvalue weighted by Crippen LogP contribution is 2.68. The molecule has 18 rings (SSSR count). The lowest BCUT2D eigenvalue weighted by atomic mass is 9.74. The third kappa shape index (κ3) is 11.2. The summed E-state index contributed by atoms with van der Waals surface area (Å²) in [5.41, 5.74) is 36.1. The fraction of sp³-hybridized carbons (Fsp3) is 0.176. The molecule has 15 aromatic rings. The third-order valence-electron chi connectivity index (χ3n) is 22.9. The summed E-state index contributed by atoms with van der Waals surface area (Å²) in [7, 11) is 0. The average Bonchev–Trinajstić information content (AvgIpc) is 0.717. The van der Waals surface area contributed by atoms with E-state index in [1.807, 2.05) is 0 Å². The van der Waals surface area contributed by atoms with E-state index in [2.05, 4.69) is 412 Å². The number of anilines is 9. The fourth-order valence-electron chi connectivity index (χ4n) is 17.2. The van der Waals surface area contributed by atoms with E-state index in [9.17, 15) is 0 Å². The van der Waals surface area contributed by atoms with Crippen LogP contribution in [-0.4, -0.2) is 4.57 Å². The van der Waals surface area contributed by atoms with Crippen LogP contribution >= 0.6 is 0 Å². The first-order valence-electron chi connectivity index (χ1n) is 37.9. The second-order valence-electron chi connectivity index (χ2n) is 33.7. The van der Waals surface area contributed by atoms with Crippen molar-refractivity contribution in [1.82, 2.24) is 4.57 Å². The van der Waals surface area contributed by atoms with Gasteiger partial charge in [-0.05, 0) is 166 Å². The van der Waals surface area contributed by atoms with Gasteiger partial charge in [0.05, 0.1) is 62.2 Å².